The van der Waals surface area contributed by atoms with Crippen LogP contribution in [-0.4, -0.2) is 22.5 Å². The second-order valence-corrected chi connectivity index (χ2v) is 4.42. The van der Waals surface area contributed by atoms with Gasteiger partial charge in [0, 0.05) is 5.56 Å². The van der Waals surface area contributed by atoms with Gasteiger partial charge in [-0.3, -0.25) is 4.79 Å². The van der Waals surface area contributed by atoms with Crippen molar-refractivity contribution in [2.45, 2.75) is 39.2 Å². The molecule has 18 heavy (non-hydrogen) atoms. The Hall–Kier alpha value is -1.84. The summed E-state index contributed by atoms with van der Waals surface area (Å²) >= 11 is 0. The molecular formula is C14H19NO3. The molecule has 0 atom stereocenters. The summed E-state index contributed by atoms with van der Waals surface area (Å²) in [5, 5.41) is 11.9. The number of aliphatic carboxylic acids is 1. The van der Waals surface area contributed by atoms with Crippen LogP contribution in [0.1, 0.15) is 42.6 Å². The first kappa shape index (κ1) is 14.2. The molecule has 0 radical (unpaired) electrons. The van der Waals surface area contributed by atoms with Crippen molar-refractivity contribution in [1.29, 1.82) is 0 Å². The molecule has 0 heterocycles. The largest absolute Gasteiger partial charge is 0.480 e. The van der Waals surface area contributed by atoms with E-state index in [4.69, 9.17) is 0 Å². The molecule has 2 N–H and O–H groups in total. The number of benzene rings is 1. The molecule has 0 aromatic heterocycles. The van der Waals surface area contributed by atoms with Crippen molar-refractivity contribution in [2.24, 2.45) is 0 Å². The molecule has 0 spiro atoms. The standard InChI is InChI=1S/C14H19NO3/c1-4-14(5-2,13(17)18)15-12(16)11-8-6-7-10(3)9-11/h6-9H,4-5H2,1-3H3,(H,15,16)(H,17,18). The van der Waals surface area contributed by atoms with E-state index in [1.165, 1.54) is 0 Å². The minimum absolute atomic E-state index is 0.343. The topological polar surface area (TPSA) is 66.4 Å². The normalized spacial score (nSPS) is 11.1. The molecule has 98 valence electrons. The quantitative estimate of drug-likeness (QED) is 0.841. The highest BCUT2D eigenvalue weighted by Gasteiger charge is 2.36. The average molecular weight is 249 g/mol. The lowest BCUT2D eigenvalue weighted by Crippen LogP contribution is -2.53. The predicted molar refractivity (Wildman–Crippen MR) is 69.6 cm³/mol. The second kappa shape index (κ2) is 5.67. The summed E-state index contributed by atoms with van der Waals surface area (Å²) in [5.41, 5.74) is 0.278. The lowest BCUT2D eigenvalue weighted by Gasteiger charge is -2.28. The maximum absolute atomic E-state index is 12.1. The number of hydrogen-bond acceptors (Lipinski definition) is 2. The number of amides is 1. The first-order valence-electron chi connectivity index (χ1n) is 6.07. The lowest BCUT2D eigenvalue weighted by atomic mass is 9.92. The monoisotopic (exact) mass is 249 g/mol. The molecule has 1 aromatic carbocycles. The van der Waals surface area contributed by atoms with Crippen molar-refractivity contribution < 1.29 is 14.7 Å². The Balaban J connectivity index is 2.95. The van der Waals surface area contributed by atoms with Crippen LogP contribution < -0.4 is 5.32 Å². The third-order valence-electron chi connectivity index (χ3n) is 3.25. The molecular weight excluding hydrogens is 230 g/mol. The highest BCUT2D eigenvalue weighted by Crippen LogP contribution is 2.16. The minimum Gasteiger partial charge on any atom is -0.480 e. The van der Waals surface area contributed by atoms with Gasteiger partial charge < -0.3 is 10.4 Å². The van der Waals surface area contributed by atoms with Crippen LogP contribution in [0.3, 0.4) is 0 Å². The molecule has 1 amide bonds. The Morgan fingerprint density at radius 1 is 1.28 bits per heavy atom. The van der Waals surface area contributed by atoms with Gasteiger partial charge in [0.05, 0.1) is 0 Å². The third-order valence-corrected chi connectivity index (χ3v) is 3.25. The van der Waals surface area contributed by atoms with Gasteiger partial charge in [0.2, 0.25) is 0 Å². The molecule has 0 fully saturated rings. The van der Waals surface area contributed by atoms with Crippen LogP contribution in [0.25, 0.3) is 0 Å². The van der Waals surface area contributed by atoms with E-state index in [2.05, 4.69) is 5.32 Å². The van der Waals surface area contributed by atoms with E-state index >= 15 is 0 Å². The van der Waals surface area contributed by atoms with Gasteiger partial charge in [-0.2, -0.15) is 0 Å². The molecule has 0 aliphatic heterocycles. The fourth-order valence-corrected chi connectivity index (χ4v) is 1.86. The van der Waals surface area contributed by atoms with E-state index in [0.29, 0.717) is 18.4 Å². The molecule has 4 heteroatoms. The predicted octanol–water partition coefficient (Wildman–Crippen LogP) is 2.37. The first-order chi connectivity index (χ1) is 8.45. The number of rotatable bonds is 5. The summed E-state index contributed by atoms with van der Waals surface area (Å²) in [5.74, 6) is -1.33. The van der Waals surface area contributed by atoms with Gasteiger partial charge in [-0.15, -0.1) is 0 Å². The van der Waals surface area contributed by atoms with Crippen molar-refractivity contribution in [2.75, 3.05) is 0 Å². The highest BCUT2D eigenvalue weighted by molar-refractivity contribution is 5.97. The van der Waals surface area contributed by atoms with Gasteiger partial charge in [0.15, 0.2) is 0 Å². The third kappa shape index (κ3) is 2.88. The fourth-order valence-electron chi connectivity index (χ4n) is 1.86. The van der Waals surface area contributed by atoms with E-state index in [0.717, 1.165) is 5.56 Å². The highest BCUT2D eigenvalue weighted by atomic mass is 16.4. The summed E-state index contributed by atoms with van der Waals surface area (Å²) in [6.07, 6.45) is 0.715. The zero-order valence-electron chi connectivity index (χ0n) is 11.0. The SMILES string of the molecule is CCC(CC)(NC(=O)c1cccc(C)c1)C(=O)O. The molecule has 1 aromatic rings. The fraction of sp³-hybridized carbons (Fsp3) is 0.429. The van der Waals surface area contributed by atoms with E-state index in [1.54, 1.807) is 32.0 Å². The first-order valence-corrected chi connectivity index (χ1v) is 6.07. The molecule has 4 nitrogen and oxygen atoms in total. The molecule has 0 bridgehead atoms. The Kier molecular flexibility index (Phi) is 4.48. The number of carbonyl (C=O) groups excluding carboxylic acids is 1. The number of carbonyl (C=O) groups is 2. The average Bonchev–Trinajstić information content (AvgIpc) is 2.35. The Morgan fingerprint density at radius 2 is 1.89 bits per heavy atom. The number of nitrogens with one attached hydrogen (secondary N) is 1. The molecule has 0 saturated heterocycles. The molecule has 1 rings (SSSR count). The van der Waals surface area contributed by atoms with Crippen molar-refractivity contribution in [3.8, 4) is 0 Å². The Bertz CT molecular complexity index is 450. The summed E-state index contributed by atoms with van der Waals surface area (Å²) in [6, 6.07) is 7.10. The number of carboxylic acids is 1. The smallest absolute Gasteiger partial charge is 0.329 e. The van der Waals surface area contributed by atoms with Crippen LogP contribution in [0.2, 0.25) is 0 Å². The molecule has 0 unspecified atom stereocenters. The van der Waals surface area contributed by atoms with Crippen LogP contribution >= 0.6 is 0 Å². The number of hydrogen-bond donors (Lipinski definition) is 2. The summed E-state index contributed by atoms with van der Waals surface area (Å²) in [6.45, 7) is 5.41. The van der Waals surface area contributed by atoms with Gasteiger partial charge >= 0.3 is 5.97 Å². The van der Waals surface area contributed by atoms with Gasteiger partial charge in [-0.25, -0.2) is 4.79 Å². The maximum atomic E-state index is 12.1. The van der Waals surface area contributed by atoms with E-state index < -0.39 is 11.5 Å². The Morgan fingerprint density at radius 3 is 2.33 bits per heavy atom. The van der Waals surface area contributed by atoms with Crippen LogP contribution in [0.15, 0.2) is 24.3 Å². The zero-order valence-corrected chi connectivity index (χ0v) is 11.0. The van der Waals surface area contributed by atoms with Crippen LogP contribution in [0.5, 0.6) is 0 Å². The maximum Gasteiger partial charge on any atom is 0.329 e. The van der Waals surface area contributed by atoms with Crippen molar-refractivity contribution in [3.63, 3.8) is 0 Å². The molecule has 0 aliphatic rings. The van der Waals surface area contributed by atoms with Gasteiger partial charge in [-0.1, -0.05) is 31.5 Å². The number of aryl methyl sites for hydroxylation is 1. The van der Waals surface area contributed by atoms with E-state index in [-0.39, 0.29) is 5.91 Å². The van der Waals surface area contributed by atoms with E-state index in [1.807, 2.05) is 13.0 Å². The minimum atomic E-state index is -1.18. The van der Waals surface area contributed by atoms with Crippen molar-refractivity contribution in [3.05, 3.63) is 35.4 Å². The molecule has 0 saturated carbocycles. The summed E-state index contributed by atoms with van der Waals surface area (Å²) < 4.78 is 0. The van der Waals surface area contributed by atoms with E-state index in [9.17, 15) is 14.7 Å². The van der Waals surface area contributed by atoms with Crippen LogP contribution in [-0.2, 0) is 4.79 Å². The summed E-state index contributed by atoms with van der Waals surface area (Å²) in [4.78, 5) is 23.4. The Labute approximate surface area is 107 Å². The van der Waals surface area contributed by atoms with Crippen LogP contribution in [0.4, 0.5) is 0 Å². The van der Waals surface area contributed by atoms with Gasteiger partial charge in [0.25, 0.3) is 5.91 Å². The van der Waals surface area contributed by atoms with Crippen LogP contribution in [0, 0.1) is 6.92 Å². The van der Waals surface area contributed by atoms with Gasteiger partial charge in [-0.05, 0) is 31.9 Å². The summed E-state index contributed by atoms with van der Waals surface area (Å²) in [7, 11) is 0. The van der Waals surface area contributed by atoms with Crippen molar-refractivity contribution in [1.82, 2.24) is 5.32 Å². The van der Waals surface area contributed by atoms with Crippen molar-refractivity contribution >= 4 is 11.9 Å². The van der Waals surface area contributed by atoms with Gasteiger partial charge in [0.1, 0.15) is 5.54 Å². The second-order valence-electron chi connectivity index (χ2n) is 4.42. The number of carboxylic acid groups (broad SMARTS) is 1. The lowest BCUT2D eigenvalue weighted by molar-refractivity contribution is -0.144. The molecule has 0 aliphatic carbocycles. The zero-order chi connectivity index (χ0) is 13.8.